The SMILES string of the molecule is NCCCCC(NC(=O)C(N)Cc1ccc(O)cc1)C(=O)NC(Cc1cnc[nH]1)C(=O)NC(CO)C(=O)O. The number of benzene rings is 1. The minimum absolute atomic E-state index is 0.0564. The van der Waals surface area contributed by atoms with Crippen molar-refractivity contribution in [1.82, 2.24) is 25.9 Å². The van der Waals surface area contributed by atoms with Gasteiger partial charge in [0.1, 0.15) is 23.9 Å². The number of aromatic nitrogens is 2. The second kappa shape index (κ2) is 15.3. The monoisotopic (exact) mass is 533 g/mol. The van der Waals surface area contributed by atoms with Crippen LogP contribution < -0.4 is 27.4 Å². The number of aliphatic hydroxyl groups is 1. The summed E-state index contributed by atoms with van der Waals surface area (Å²) < 4.78 is 0. The van der Waals surface area contributed by atoms with E-state index in [4.69, 9.17) is 16.6 Å². The van der Waals surface area contributed by atoms with E-state index in [1.807, 2.05) is 0 Å². The lowest BCUT2D eigenvalue weighted by atomic mass is 10.0. The number of carboxylic acid groups (broad SMARTS) is 1. The quantitative estimate of drug-likeness (QED) is 0.106. The van der Waals surface area contributed by atoms with E-state index in [-0.39, 0.29) is 25.0 Å². The number of H-pyrrole nitrogens is 1. The van der Waals surface area contributed by atoms with Crippen molar-refractivity contribution in [3.05, 3.63) is 48.0 Å². The Bertz CT molecular complexity index is 1050. The maximum atomic E-state index is 13.2. The van der Waals surface area contributed by atoms with Crippen molar-refractivity contribution in [2.75, 3.05) is 13.2 Å². The Kier molecular flexibility index (Phi) is 12.2. The number of hydrogen-bond acceptors (Lipinski definition) is 9. The number of nitrogens with two attached hydrogens (primary N) is 2. The molecule has 2 aromatic rings. The van der Waals surface area contributed by atoms with Gasteiger partial charge in [-0.25, -0.2) is 9.78 Å². The molecule has 208 valence electrons. The summed E-state index contributed by atoms with van der Waals surface area (Å²) >= 11 is 0. The van der Waals surface area contributed by atoms with E-state index >= 15 is 0 Å². The third-order valence-electron chi connectivity index (χ3n) is 5.72. The molecule has 0 spiro atoms. The number of carbonyl (C=O) groups excluding carboxylic acids is 3. The zero-order valence-electron chi connectivity index (χ0n) is 20.8. The molecule has 1 heterocycles. The van der Waals surface area contributed by atoms with E-state index in [0.29, 0.717) is 30.6 Å². The highest BCUT2D eigenvalue weighted by atomic mass is 16.4. The summed E-state index contributed by atoms with van der Waals surface area (Å²) in [5.74, 6) is -3.48. The Labute approximate surface area is 219 Å². The predicted molar refractivity (Wildman–Crippen MR) is 135 cm³/mol. The summed E-state index contributed by atoms with van der Waals surface area (Å²) in [5, 5.41) is 35.2. The van der Waals surface area contributed by atoms with E-state index in [9.17, 15) is 29.4 Å². The number of amides is 3. The fourth-order valence-electron chi connectivity index (χ4n) is 3.57. The topological polar surface area (TPSA) is 246 Å². The molecule has 0 radical (unpaired) electrons. The highest BCUT2D eigenvalue weighted by molar-refractivity contribution is 5.94. The Morgan fingerprint density at radius 2 is 1.55 bits per heavy atom. The Morgan fingerprint density at radius 3 is 2.13 bits per heavy atom. The number of unbranched alkanes of at least 4 members (excludes halogenated alkanes) is 1. The van der Waals surface area contributed by atoms with E-state index in [1.165, 1.54) is 24.7 Å². The van der Waals surface area contributed by atoms with Crippen LogP contribution in [-0.4, -0.2) is 86.3 Å². The van der Waals surface area contributed by atoms with Crippen LogP contribution >= 0.6 is 0 Å². The lowest BCUT2D eigenvalue weighted by Crippen LogP contribution is -2.58. The van der Waals surface area contributed by atoms with Gasteiger partial charge in [0, 0.05) is 18.3 Å². The van der Waals surface area contributed by atoms with Crippen molar-refractivity contribution in [2.45, 2.75) is 56.3 Å². The molecule has 14 nitrogen and oxygen atoms in total. The molecular weight excluding hydrogens is 498 g/mol. The minimum atomic E-state index is -1.57. The zero-order valence-corrected chi connectivity index (χ0v) is 20.8. The summed E-state index contributed by atoms with van der Waals surface area (Å²) in [7, 11) is 0. The van der Waals surface area contributed by atoms with Gasteiger partial charge in [-0.1, -0.05) is 12.1 Å². The lowest BCUT2D eigenvalue weighted by Gasteiger charge is -2.25. The molecule has 0 aliphatic carbocycles. The van der Waals surface area contributed by atoms with E-state index in [2.05, 4.69) is 25.9 Å². The second-order valence-electron chi connectivity index (χ2n) is 8.75. The highest BCUT2D eigenvalue weighted by Gasteiger charge is 2.30. The number of carbonyl (C=O) groups is 4. The normalized spacial score (nSPS) is 14.1. The molecule has 2 rings (SSSR count). The molecule has 0 aliphatic rings. The molecule has 38 heavy (non-hydrogen) atoms. The first-order valence-corrected chi connectivity index (χ1v) is 12.1. The number of imidazole rings is 1. The number of nitrogens with zero attached hydrogens (tertiary/aromatic N) is 1. The number of aromatic amines is 1. The van der Waals surface area contributed by atoms with Crippen molar-refractivity contribution in [3.63, 3.8) is 0 Å². The molecule has 4 unspecified atom stereocenters. The van der Waals surface area contributed by atoms with Crippen molar-refractivity contribution >= 4 is 23.7 Å². The average Bonchev–Trinajstić information content (AvgIpc) is 3.40. The summed E-state index contributed by atoms with van der Waals surface area (Å²) in [4.78, 5) is 56.8. The smallest absolute Gasteiger partial charge is 0.328 e. The maximum absolute atomic E-state index is 13.2. The van der Waals surface area contributed by atoms with Crippen molar-refractivity contribution in [1.29, 1.82) is 0 Å². The van der Waals surface area contributed by atoms with E-state index < -0.39 is 54.5 Å². The molecule has 0 bridgehead atoms. The fourth-order valence-corrected chi connectivity index (χ4v) is 3.57. The standard InChI is InChI=1S/C24H35N7O7/c25-8-2-1-3-18(29-21(34)17(26)9-14-4-6-16(33)7-5-14)22(35)30-19(10-15-11-27-13-28-15)23(36)31-20(12-32)24(37)38/h4-7,11,13,17-20,32-33H,1-3,8-10,12,25-26H2,(H,27,28)(H,29,34)(H,30,35)(H,31,36)(H,37,38). The molecule has 14 heteroatoms. The van der Waals surface area contributed by atoms with Gasteiger partial charge in [0.05, 0.1) is 19.0 Å². The summed E-state index contributed by atoms with van der Waals surface area (Å²) in [6, 6.07) is 1.35. The first-order valence-electron chi connectivity index (χ1n) is 12.1. The van der Waals surface area contributed by atoms with Crippen LogP contribution in [0.2, 0.25) is 0 Å². The van der Waals surface area contributed by atoms with Gasteiger partial charge in [-0.3, -0.25) is 14.4 Å². The third-order valence-corrected chi connectivity index (χ3v) is 5.72. The number of carboxylic acids is 1. The highest BCUT2D eigenvalue weighted by Crippen LogP contribution is 2.11. The number of aliphatic carboxylic acids is 1. The Balaban J connectivity index is 2.14. The number of aliphatic hydroxyl groups excluding tert-OH is 1. The third kappa shape index (κ3) is 9.80. The Morgan fingerprint density at radius 1 is 0.921 bits per heavy atom. The van der Waals surface area contributed by atoms with Gasteiger partial charge in [0.15, 0.2) is 0 Å². The first kappa shape index (κ1) is 30.2. The number of nitrogens with one attached hydrogen (secondary N) is 4. The molecule has 1 aromatic heterocycles. The fraction of sp³-hybridized carbons (Fsp3) is 0.458. The van der Waals surface area contributed by atoms with Crippen LogP contribution in [0.5, 0.6) is 5.75 Å². The maximum Gasteiger partial charge on any atom is 0.328 e. The van der Waals surface area contributed by atoms with Crippen molar-refractivity contribution in [3.8, 4) is 5.75 Å². The van der Waals surface area contributed by atoms with Gasteiger partial charge in [0.2, 0.25) is 17.7 Å². The average molecular weight is 534 g/mol. The number of rotatable bonds is 16. The van der Waals surface area contributed by atoms with Crippen molar-refractivity contribution in [2.24, 2.45) is 11.5 Å². The largest absolute Gasteiger partial charge is 0.508 e. The van der Waals surface area contributed by atoms with Crippen LogP contribution in [-0.2, 0) is 32.0 Å². The van der Waals surface area contributed by atoms with Gasteiger partial charge in [-0.05, 0) is 49.9 Å². The number of phenols is 1. The molecule has 0 saturated heterocycles. The predicted octanol–water partition coefficient (Wildman–Crippen LogP) is -2.11. The summed E-state index contributed by atoms with van der Waals surface area (Å²) in [6.45, 7) is -0.465. The molecule has 4 atom stereocenters. The second-order valence-corrected chi connectivity index (χ2v) is 8.75. The molecule has 11 N–H and O–H groups in total. The lowest BCUT2D eigenvalue weighted by molar-refractivity contribution is -0.143. The molecular formula is C24H35N7O7. The zero-order chi connectivity index (χ0) is 28.1. The van der Waals surface area contributed by atoms with Crippen LogP contribution in [0, 0.1) is 0 Å². The molecule has 0 aliphatic heterocycles. The van der Waals surface area contributed by atoms with Crippen LogP contribution in [0.25, 0.3) is 0 Å². The molecule has 0 fully saturated rings. The van der Waals surface area contributed by atoms with Gasteiger partial charge < -0.3 is 47.7 Å². The minimum Gasteiger partial charge on any atom is -0.508 e. The van der Waals surface area contributed by atoms with Crippen LogP contribution in [0.15, 0.2) is 36.8 Å². The van der Waals surface area contributed by atoms with Crippen molar-refractivity contribution < 1.29 is 34.5 Å². The van der Waals surface area contributed by atoms with E-state index in [0.717, 1.165) is 0 Å². The van der Waals surface area contributed by atoms with Gasteiger partial charge >= 0.3 is 5.97 Å². The Hall–Kier alpha value is -4.01. The molecule has 3 amide bonds. The van der Waals surface area contributed by atoms with Crippen LogP contribution in [0.3, 0.4) is 0 Å². The molecule has 1 aromatic carbocycles. The van der Waals surface area contributed by atoms with Gasteiger partial charge in [-0.15, -0.1) is 0 Å². The number of aromatic hydroxyl groups is 1. The summed E-state index contributed by atoms with van der Waals surface area (Å²) in [5.41, 5.74) is 12.8. The number of hydrogen-bond donors (Lipinski definition) is 9. The first-order chi connectivity index (χ1) is 18.1. The summed E-state index contributed by atoms with van der Waals surface area (Å²) in [6.07, 6.45) is 4.24. The van der Waals surface area contributed by atoms with E-state index in [1.54, 1.807) is 12.1 Å². The van der Waals surface area contributed by atoms with Gasteiger partial charge in [-0.2, -0.15) is 0 Å². The van der Waals surface area contributed by atoms with Crippen LogP contribution in [0.4, 0.5) is 0 Å². The van der Waals surface area contributed by atoms with Crippen LogP contribution in [0.1, 0.15) is 30.5 Å². The molecule has 0 saturated carbocycles. The van der Waals surface area contributed by atoms with Gasteiger partial charge in [0.25, 0.3) is 0 Å². The number of phenolic OH excluding ortho intramolecular Hbond substituents is 1.